The molecule has 1 heterocycles. The average molecular weight is 262 g/mol. The Hall–Kier alpha value is -1.88. The molecule has 0 aromatic heterocycles. The number of carbonyl (C=O) groups excluding carboxylic acids is 2. The van der Waals surface area contributed by atoms with Gasteiger partial charge in [0.2, 0.25) is 5.91 Å². The van der Waals surface area contributed by atoms with Crippen LogP contribution in [0.25, 0.3) is 0 Å². The number of methoxy groups -OCH3 is 1. The summed E-state index contributed by atoms with van der Waals surface area (Å²) in [4.78, 5) is 24.5. The number of carbonyl (C=O) groups is 2. The molecule has 1 fully saturated rings. The van der Waals surface area contributed by atoms with Gasteiger partial charge in [0.1, 0.15) is 0 Å². The monoisotopic (exact) mass is 262 g/mol. The summed E-state index contributed by atoms with van der Waals surface area (Å²) in [5.74, 6) is -0.326. The third kappa shape index (κ3) is 2.61. The Morgan fingerprint density at radius 2 is 1.95 bits per heavy atom. The van der Waals surface area contributed by atoms with Gasteiger partial charge in [0.05, 0.1) is 18.2 Å². The molecule has 0 aliphatic carbocycles. The lowest BCUT2D eigenvalue weighted by molar-refractivity contribution is -0.128. The number of benzene rings is 1. The van der Waals surface area contributed by atoms with E-state index in [1.54, 1.807) is 24.0 Å². The third-order valence-corrected chi connectivity index (χ3v) is 3.63. The first kappa shape index (κ1) is 13.5. The predicted octanol–water partition coefficient (Wildman–Crippen LogP) is 0.879. The van der Waals surface area contributed by atoms with Crippen molar-refractivity contribution in [2.24, 2.45) is 5.73 Å². The molecule has 2 N–H and O–H groups in total. The largest absolute Gasteiger partial charge is 0.465 e. The quantitative estimate of drug-likeness (QED) is 0.803. The minimum atomic E-state index is -0.527. The van der Waals surface area contributed by atoms with Crippen LogP contribution in [0.4, 0.5) is 0 Å². The van der Waals surface area contributed by atoms with Crippen LogP contribution in [0.15, 0.2) is 24.3 Å². The molecule has 1 saturated heterocycles. The maximum absolute atomic E-state index is 11.4. The van der Waals surface area contributed by atoms with E-state index in [0.29, 0.717) is 18.7 Å². The van der Waals surface area contributed by atoms with Gasteiger partial charge in [0.25, 0.3) is 0 Å². The normalized spacial score (nSPS) is 22.4. The van der Waals surface area contributed by atoms with E-state index in [9.17, 15) is 9.59 Å². The first-order valence-corrected chi connectivity index (χ1v) is 6.19. The second kappa shape index (κ2) is 5.01. The summed E-state index contributed by atoms with van der Waals surface area (Å²) in [6.45, 7) is 2.73. The van der Waals surface area contributed by atoms with Gasteiger partial charge in [-0.25, -0.2) is 4.79 Å². The van der Waals surface area contributed by atoms with Crippen molar-refractivity contribution in [3.63, 3.8) is 0 Å². The fourth-order valence-corrected chi connectivity index (χ4v) is 2.39. The third-order valence-electron chi connectivity index (χ3n) is 3.63. The number of hydrogen-bond acceptors (Lipinski definition) is 4. The second-order valence-electron chi connectivity index (χ2n) is 4.92. The smallest absolute Gasteiger partial charge is 0.337 e. The Labute approximate surface area is 112 Å². The summed E-state index contributed by atoms with van der Waals surface area (Å²) in [5.41, 5.74) is 7.26. The van der Waals surface area contributed by atoms with Gasteiger partial charge in [0, 0.05) is 20.0 Å². The molecule has 1 amide bonds. The lowest BCUT2D eigenvalue weighted by Crippen LogP contribution is -2.40. The summed E-state index contributed by atoms with van der Waals surface area (Å²) in [6.07, 6.45) is 0.726. The molecule has 0 saturated carbocycles. The lowest BCUT2D eigenvalue weighted by atomic mass is 9.89. The van der Waals surface area contributed by atoms with Crippen LogP contribution in [0.1, 0.15) is 29.3 Å². The maximum Gasteiger partial charge on any atom is 0.337 e. The summed E-state index contributed by atoms with van der Waals surface area (Å²) >= 11 is 0. The molecule has 0 radical (unpaired) electrons. The molecule has 2 rings (SSSR count). The maximum atomic E-state index is 11.4. The standard InChI is InChI=1S/C14H18N2O3/c1-10(17)16-8-7-14(15,9-16)12-5-3-11(4-6-12)13(18)19-2/h3-6H,7-9,15H2,1-2H3. The zero-order valence-corrected chi connectivity index (χ0v) is 11.2. The molecule has 5 heteroatoms. The van der Waals surface area contributed by atoms with Crippen LogP contribution >= 0.6 is 0 Å². The molecule has 19 heavy (non-hydrogen) atoms. The first-order chi connectivity index (χ1) is 8.96. The zero-order chi connectivity index (χ0) is 14.0. The van der Waals surface area contributed by atoms with Crippen LogP contribution < -0.4 is 5.73 Å². The van der Waals surface area contributed by atoms with Gasteiger partial charge in [-0.2, -0.15) is 0 Å². The van der Waals surface area contributed by atoms with Gasteiger partial charge in [0.15, 0.2) is 0 Å². The summed E-state index contributed by atoms with van der Waals surface area (Å²) in [5, 5.41) is 0. The van der Waals surface area contributed by atoms with Crippen molar-refractivity contribution >= 4 is 11.9 Å². The molecule has 1 aromatic rings. The Morgan fingerprint density at radius 3 is 2.42 bits per heavy atom. The molecule has 1 aliphatic heterocycles. The van der Waals surface area contributed by atoms with Crippen molar-refractivity contribution in [2.75, 3.05) is 20.2 Å². The highest BCUT2D eigenvalue weighted by atomic mass is 16.5. The number of ether oxygens (including phenoxy) is 1. The fraction of sp³-hybridized carbons (Fsp3) is 0.429. The second-order valence-corrected chi connectivity index (χ2v) is 4.92. The first-order valence-electron chi connectivity index (χ1n) is 6.19. The number of hydrogen-bond donors (Lipinski definition) is 1. The molecule has 0 spiro atoms. The number of rotatable bonds is 2. The molecule has 1 aliphatic rings. The van der Waals surface area contributed by atoms with Crippen molar-refractivity contribution in [3.8, 4) is 0 Å². The highest BCUT2D eigenvalue weighted by Crippen LogP contribution is 2.29. The summed E-state index contributed by atoms with van der Waals surface area (Å²) in [7, 11) is 1.35. The Balaban J connectivity index is 2.18. The van der Waals surface area contributed by atoms with Crippen LogP contribution in [0.5, 0.6) is 0 Å². The van der Waals surface area contributed by atoms with Crippen LogP contribution in [0.2, 0.25) is 0 Å². The summed E-state index contributed by atoms with van der Waals surface area (Å²) in [6, 6.07) is 7.06. The van der Waals surface area contributed by atoms with Crippen molar-refractivity contribution in [1.29, 1.82) is 0 Å². The fourth-order valence-electron chi connectivity index (χ4n) is 2.39. The number of nitrogens with two attached hydrogens (primary N) is 1. The number of esters is 1. The Morgan fingerprint density at radius 1 is 1.32 bits per heavy atom. The molecule has 1 aromatic carbocycles. The van der Waals surface area contributed by atoms with E-state index in [-0.39, 0.29) is 11.9 Å². The molecule has 102 valence electrons. The van der Waals surface area contributed by atoms with Crippen LogP contribution in [0, 0.1) is 0 Å². The van der Waals surface area contributed by atoms with Gasteiger partial charge < -0.3 is 15.4 Å². The van der Waals surface area contributed by atoms with E-state index in [1.165, 1.54) is 7.11 Å². The number of nitrogens with zero attached hydrogens (tertiary/aromatic N) is 1. The van der Waals surface area contributed by atoms with Gasteiger partial charge in [-0.15, -0.1) is 0 Å². The molecular weight excluding hydrogens is 244 g/mol. The van der Waals surface area contributed by atoms with E-state index in [4.69, 9.17) is 5.73 Å². The number of likely N-dealkylation sites (tertiary alicyclic amines) is 1. The van der Waals surface area contributed by atoms with E-state index < -0.39 is 5.54 Å². The zero-order valence-electron chi connectivity index (χ0n) is 11.2. The average Bonchev–Trinajstić information content (AvgIpc) is 2.82. The molecule has 0 bridgehead atoms. The Kier molecular flexibility index (Phi) is 3.57. The van der Waals surface area contributed by atoms with Crippen molar-refractivity contribution in [3.05, 3.63) is 35.4 Å². The molecular formula is C14H18N2O3. The molecule has 1 unspecified atom stereocenters. The van der Waals surface area contributed by atoms with Crippen LogP contribution in [-0.4, -0.2) is 37.0 Å². The minimum Gasteiger partial charge on any atom is -0.465 e. The number of amides is 1. The van der Waals surface area contributed by atoms with E-state index in [2.05, 4.69) is 4.74 Å². The van der Waals surface area contributed by atoms with Crippen molar-refractivity contribution in [1.82, 2.24) is 4.90 Å². The van der Waals surface area contributed by atoms with E-state index in [1.807, 2.05) is 12.1 Å². The van der Waals surface area contributed by atoms with Gasteiger partial charge >= 0.3 is 5.97 Å². The van der Waals surface area contributed by atoms with Crippen LogP contribution in [0.3, 0.4) is 0 Å². The van der Waals surface area contributed by atoms with Gasteiger partial charge in [-0.05, 0) is 24.1 Å². The molecule has 5 nitrogen and oxygen atoms in total. The molecule has 1 atom stereocenters. The van der Waals surface area contributed by atoms with Gasteiger partial charge in [-0.3, -0.25) is 4.79 Å². The SMILES string of the molecule is COC(=O)c1ccc(C2(N)CCN(C(C)=O)C2)cc1. The lowest BCUT2D eigenvalue weighted by Gasteiger charge is -2.25. The van der Waals surface area contributed by atoms with Crippen molar-refractivity contribution in [2.45, 2.75) is 18.9 Å². The minimum absolute atomic E-state index is 0.0403. The van der Waals surface area contributed by atoms with Gasteiger partial charge in [-0.1, -0.05) is 12.1 Å². The van der Waals surface area contributed by atoms with Crippen LogP contribution in [-0.2, 0) is 15.1 Å². The van der Waals surface area contributed by atoms with E-state index in [0.717, 1.165) is 12.0 Å². The Bertz CT molecular complexity index is 498. The summed E-state index contributed by atoms with van der Waals surface area (Å²) < 4.78 is 4.65. The predicted molar refractivity (Wildman–Crippen MR) is 70.5 cm³/mol. The van der Waals surface area contributed by atoms with Crippen molar-refractivity contribution < 1.29 is 14.3 Å². The topological polar surface area (TPSA) is 72.6 Å². The highest BCUT2D eigenvalue weighted by molar-refractivity contribution is 5.89. The van der Waals surface area contributed by atoms with E-state index >= 15 is 0 Å². The highest BCUT2D eigenvalue weighted by Gasteiger charge is 2.37.